The van der Waals surface area contributed by atoms with Crippen LogP contribution in [-0.4, -0.2) is 28.6 Å². The van der Waals surface area contributed by atoms with E-state index in [4.69, 9.17) is 4.74 Å². The molecule has 1 N–H and O–H groups in total. The monoisotopic (exact) mass is 289 g/mol. The van der Waals surface area contributed by atoms with Crippen molar-refractivity contribution >= 4 is 12.4 Å². The second-order valence-electron chi connectivity index (χ2n) is 4.18. The molecule has 0 aliphatic carbocycles. The molecule has 0 saturated carbocycles. The van der Waals surface area contributed by atoms with E-state index in [1.165, 1.54) is 17.2 Å². The van der Waals surface area contributed by atoms with Gasteiger partial charge < -0.3 is 9.47 Å². The quantitative estimate of drug-likeness (QED) is 0.728. The van der Waals surface area contributed by atoms with E-state index in [1.54, 1.807) is 0 Å². The van der Waals surface area contributed by atoms with Crippen molar-refractivity contribution in [3.8, 4) is 0 Å². The third kappa shape index (κ3) is 4.73. The number of nitrogens with one attached hydrogen (secondary N) is 1. The summed E-state index contributed by atoms with van der Waals surface area (Å²) in [6.07, 6.45) is 2.91. The minimum Gasteiger partial charge on any atom is -0.461 e. The van der Waals surface area contributed by atoms with Crippen LogP contribution in [0.4, 0.5) is 0 Å². The van der Waals surface area contributed by atoms with Crippen molar-refractivity contribution in [3.63, 3.8) is 0 Å². The lowest BCUT2D eigenvalue weighted by Gasteiger charge is -2.09. The average molecular weight is 289 g/mol. The number of carbonyl (C=O) groups is 2. The van der Waals surface area contributed by atoms with Crippen LogP contribution in [0.2, 0.25) is 0 Å². The molecule has 0 aliphatic heterocycles. The SMILES string of the molecule is O=COCc1cncn1NC(=O)COCc1ccccc1. The molecule has 0 saturated heterocycles. The van der Waals surface area contributed by atoms with Crippen LogP contribution in [0, 0.1) is 0 Å². The Morgan fingerprint density at radius 3 is 2.86 bits per heavy atom. The maximum absolute atomic E-state index is 11.7. The Balaban J connectivity index is 1.77. The fourth-order valence-corrected chi connectivity index (χ4v) is 1.65. The lowest BCUT2D eigenvalue weighted by Crippen LogP contribution is -2.27. The first kappa shape index (κ1) is 14.7. The standard InChI is InChI=1S/C14H15N3O4/c18-11-21-8-13-6-15-10-17(13)16-14(19)9-20-7-12-4-2-1-3-5-12/h1-6,10-11H,7-9H2,(H,16,19). The minimum absolute atomic E-state index is 0.0364. The number of aromatic nitrogens is 2. The molecule has 7 heteroatoms. The first-order valence-corrected chi connectivity index (χ1v) is 6.27. The highest BCUT2D eigenvalue weighted by atomic mass is 16.5. The van der Waals surface area contributed by atoms with Gasteiger partial charge in [-0.2, -0.15) is 0 Å². The van der Waals surface area contributed by atoms with Crippen LogP contribution in [0.25, 0.3) is 0 Å². The Labute approximate surface area is 121 Å². The maximum Gasteiger partial charge on any atom is 0.293 e. The molecule has 1 aromatic carbocycles. The molecule has 2 rings (SSSR count). The lowest BCUT2D eigenvalue weighted by atomic mass is 10.2. The summed E-state index contributed by atoms with van der Waals surface area (Å²) in [6, 6.07) is 9.57. The zero-order valence-electron chi connectivity index (χ0n) is 11.3. The summed E-state index contributed by atoms with van der Waals surface area (Å²) >= 11 is 0. The van der Waals surface area contributed by atoms with Gasteiger partial charge in [0.15, 0.2) is 0 Å². The molecule has 110 valence electrons. The molecule has 0 unspecified atom stereocenters. The Kier molecular flexibility index (Phi) is 5.48. The van der Waals surface area contributed by atoms with Crippen LogP contribution < -0.4 is 5.43 Å². The predicted octanol–water partition coefficient (Wildman–Crippen LogP) is 0.843. The molecular weight excluding hydrogens is 274 g/mol. The van der Waals surface area contributed by atoms with Crippen LogP contribution in [0.1, 0.15) is 11.3 Å². The summed E-state index contributed by atoms with van der Waals surface area (Å²) in [4.78, 5) is 25.7. The van der Waals surface area contributed by atoms with Gasteiger partial charge in [0.1, 0.15) is 19.5 Å². The highest BCUT2D eigenvalue weighted by molar-refractivity contribution is 5.84. The summed E-state index contributed by atoms with van der Waals surface area (Å²) in [5.41, 5.74) is 4.13. The van der Waals surface area contributed by atoms with Crippen molar-refractivity contribution in [1.29, 1.82) is 0 Å². The number of hydrogen-bond acceptors (Lipinski definition) is 5. The fourth-order valence-electron chi connectivity index (χ4n) is 1.65. The summed E-state index contributed by atoms with van der Waals surface area (Å²) in [5, 5.41) is 0. The van der Waals surface area contributed by atoms with Gasteiger partial charge in [0.25, 0.3) is 12.4 Å². The van der Waals surface area contributed by atoms with Gasteiger partial charge in [-0.25, -0.2) is 9.66 Å². The third-order valence-electron chi connectivity index (χ3n) is 2.60. The minimum atomic E-state index is -0.323. The number of amides is 1. The van der Waals surface area contributed by atoms with E-state index < -0.39 is 0 Å². The molecule has 0 radical (unpaired) electrons. The summed E-state index contributed by atoms with van der Waals surface area (Å²) in [5.74, 6) is -0.323. The number of carbonyl (C=O) groups excluding carboxylic acids is 2. The summed E-state index contributed by atoms with van der Waals surface area (Å²) in [6.45, 7) is 0.650. The smallest absolute Gasteiger partial charge is 0.293 e. The fraction of sp³-hybridized carbons (Fsp3) is 0.214. The van der Waals surface area contributed by atoms with Crippen molar-refractivity contribution in [3.05, 3.63) is 54.1 Å². The third-order valence-corrected chi connectivity index (χ3v) is 2.60. The zero-order chi connectivity index (χ0) is 14.9. The summed E-state index contributed by atoms with van der Waals surface area (Å²) < 4.78 is 11.3. The Bertz CT molecular complexity index is 583. The highest BCUT2D eigenvalue weighted by Gasteiger charge is 2.07. The van der Waals surface area contributed by atoms with Gasteiger partial charge in [-0.3, -0.25) is 15.0 Å². The van der Waals surface area contributed by atoms with Gasteiger partial charge in [-0.15, -0.1) is 0 Å². The highest BCUT2D eigenvalue weighted by Crippen LogP contribution is 2.01. The van der Waals surface area contributed by atoms with Gasteiger partial charge in [0, 0.05) is 0 Å². The molecule has 1 aromatic heterocycles. The van der Waals surface area contributed by atoms with E-state index in [2.05, 4.69) is 15.1 Å². The van der Waals surface area contributed by atoms with E-state index in [0.717, 1.165) is 5.56 Å². The average Bonchev–Trinajstić information content (AvgIpc) is 2.93. The second kappa shape index (κ2) is 7.81. The molecule has 0 atom stereocenters. The van der Waals surface area contributed by atoms with Gasteiger partial charge >= 0.3 is 0 Å². The molecule has 1 heterocycles. The van der Waals surface area contributed by atoms with E-state index in [9.17, 15) is 9.59 Å². The first-order chi connectivity index (χ1) is 10.3. The van der Waals surface area contributed by atoms with Gasteiger partial charge in [0.2, 0.25) is 0 Å². The van der Waals surface area contributed by atoms with Crippen LogP contribution in [0.3, 0.4) is 0 Å². The van der Waals surface area contributed by atoms with E-state index >= 15 is 0 Å². The molecule has 2 aromatic rings. The van der Waals surface area contributed by atoms with E-state index in [0.29, 0.717) is 18.8 Å². The predicted molar refractivity (Wildman–Crippen MR) is 73.5 cm³/mol. The van der Waals surface area contributed by atoms with Crippen molar-refractivity contribution in [2.24, 2.45) is 0 Å². The molecule has 21 heavy (non-hydrogen) atoms. The molecule has 0 aliphatic rings. The Hall–Kier alpha value is -2.67. The second-order valence-corrected chi connectivity index (χ2v) is 4.18. The van der Waals surface area contributed by atoms with E-state index in [1.807, 2.05) is 30.3 Å². The van der Waals surface area contributed by atoms with Gasteiger partial charge in [-0.1, -0.05) is 30.3 Å². The normalized spacial score (nSPS) is 10.1. The molecule has 0 fully saturated rings. The molecule has 1 amide bonds. The van der Waals surface area contributed by atoms with Crippen LogP contribution in [0.5, 0.6) is 0 Å². The Morgan fingerprint density at radius 1 is 1.29 bits per heavy atom. The van der Waals surface area contributed by atoms with Crippen LogP contribution in [-0.2, 0) is 32.3 Å². The maximum atomic E-state index is 11.7. The van der Waals surface area contributed by atoms with Gasteiger partial charge in [0.05, 0.1) is 18.5 Å². The number of nitrogens with zero attached hydrogens (tertiary/aromatic N) is 2. The van der Waals surface area contributed by atoms with Crippen molar-refractivity contribution in [1.82, 2.24) is 9.66 Å². The summed E-state index contributed by atoms with van der Waals surface area (Å²) in [7, 11) is 0. The largest absolute Gasteiger partial charge is 0.461 e. The number of ether oxygens (including phenoxy) is 2. The molecule has 0 bridgehead atoms. The number of hydrogen-bond donors (Lipinski definition) is 1. The number of benzene rings is 1. The van der Waals surface area contributed by atoms with Crippen molar-refractivity contribution in [2.75, 3.05) is 12.0 Å². The number of rotatable bonds is 8. The lowest BCUT2D eigenvalue weighted by molar-refractivity contribution is -0.129. The number of imidazole rings is 1. The zero-order valence-corrected chi connectivity index (χ0v) is 11.3. The molecular formula is C14H15N3O4. The molecule has 0 spiro atoms. The van der Waals surface area contributed by atoms with Crippen molar-refractivity contribution < 1.29 is 19.1 Å². The Morgan fingerprint density at radius 2 is 2.10 bits per heavy atom. The van der Waals surface area contributed by atoms with Crippen molar-refractivity contribution in [2.45, 2.75) is 13.2 Å². The topological polar surface area (TPSA) is 82.5 Å². The van der Waals surface area contributed by atoms with Crippen LogP contribution in [0.15, 0.2) is 42.9 Å². The van der Waals surface area contributed by atoms with E-state index in [-0.39, 0.29) is 19.1 Å². The van der Waals surface area contributed by atoms with Crippen LogP contribution >= 0.6 is 0 Å². The van der Waals surface area contributed by atoms with Gasteiger partial charge in [-0.05, 0) is 5.56 Å². The first-order valence-electron chi connectivity index (χ1n) is 6.27. The molecule has 7 nitrogen and oxygen atoms in total.